The molecule has 0 bridgehead atoms. The molecular weight excluding hydrogens is 655 g/mol. The molecule has 10 rings (SSSR count). The van der Waals surface area contributed by atoms with E-state index in [4.69, 9.17) is 0 Å². The van der Waals surface area contributed by atoms with Gasteiger partial charge in [0.1, 0.15) is 0 Å². The Morgan fingerprint density at radius 3 is 1.83 bits per heavy atom. The number of benzene rings is 6. The smallest absolute Gasteiger partial charge is 0.0641 e. The van der Waals surface area contributed by atoms with Gasteiger partial charge >= 0.3 is 0 Å². The summed E-state index contributed by atoms with van der Waals surface area (Å²) < 4.78 is 7.45. The van der Waals surface area contributed by atoms with E-state index >= 15 is 0 Å². The fourth-order valence-electron chi connectivity index (χ4n) is 8.78. The van der Waals surface area contributed by atoms with Gasteiger partial charge in [-0.05, 0) is 97.6 Å². The summed E-state index contributed by atoms with van der Waals surface area (Å²) >= 11 is 0. The highest BCUT2D eigenvalue weighted by atomic mass is 15.0. The molecule has 0 atom stereocenters. The summed E-state index contributed by atoms with van der Waals surface area (Å²) in [7, 11) is 0. The lowest BCUT2D eigenvalue weighted by Crippen LogP contribution is -2.01. The molecule has 3 aromatic heterocycles. The molecule has 0 spiro atoms. The van der Waals surface area contributed by atoms with Gasteiger partial charge in [0.05, 0.1) is 27.9 Å². The molecule has 0 unspecified atom stereocenters. The van der Waals surface area contributed by atoms with Crippen LogP contribution in [0.15, 0.2) is 176 Å². The van der Waals surface area contributed by atoms with Crippen molar-refractivity contribution in [2.24, 2.45) is 0 Å². The fourth-order valence-corrected chi connectivity index (χ4v) is 8.78. The third-order valence-electron chi connectivity index (χ3n) is 11.0. The standard InChI is InChI=1S/C51H39N3/c1-3-19-41-42-31-33-47-49(44-34-37(36-20-9-4-10-21-36)30-32-46(44)53(47)39-24-13-6-14-25-39)51(42)54(40-26-15-7-16-27-40)50(41)48-35(2)52(38-22-11-5-12-23-38)45-29-18-8-17-28-43(45)48/h3-27,29-34H,28H2,1-2H3/b19-3-. The van der Waals surface area contributed by atoms with Gasteiger partial charge in [-0.2, -0.15) is 0 Å². The van der Waals surface area contributed by atoms with Crippen LogP contribution in [0.2, 0.25) is 0 Å². The van der Waals surface area contributed by atoms with Crippen molar-refractivity contribution in [1.29, 1.82) is 0 Å². The minimum Gasteiger partial charge on any atom is -0.314 e. The number of aromatic nitrogens is 3. The van der Waals surface area contributed by atoms with Gasteiger partial charge in [0, 0.05) is 50.0 Å². The molecule has 0 amide bonds. The molecule has 3 heterocycles. The van der Waals surface area contributed by atoms with E-state index in [1.807, 2.05) is 0 Å². The van der Waals surface area contributed by atoms with Crippen molar-refractivity contribution in [3.05, 3.63) is 198 Å². The molecule has 0 saturated heterocycles. The van der Waals surface area contributed by atoms with Crippen LogP contribution in [-0.2, 0) is 6.42 Å². The Bertz CT molecular complexity index is 2930. The summed E-state index contributed by atoms with van der Waals surface area (Å²) in [5.41, 5.74) is 17.0. The molecule has 6 aromatic carbocycles. The number of hydrogen-bond acceptors (Lipinski definition) is 0. The van der Waals surface area contributed by atoms with Gasteiger partial charge in [0.15, 0.2) is 0 Å². The van der Waals surface area contributed by atoms with Crippen molar-refractivity contribution in [2.75, 3.05) is 0 Å². The first-order chi connectivity index (χ1) is 26.7. The second kappa shape index (κ2) is 13.0. The lowest BCUT2D eigenvalue weighted by Gasteiger charge is -2.15. The second-order valence-electron chi connectivity index (χ2n) is 14.0. The van der Waals surface area contributed by atoms with Gasteiger partial charge < -0.3 is 13.7 Å². The average Bonchev–Trinajstić information content (AvgIpc) is 3.74. The van der Waals surface area contributed by atoms with Gasteiger partial charge in [-0.1, -0.05) is 127 Å². The Kier molecular flexibility index (Phi) is 7.66. The van der Waals surface area contributed by atoms with E-state index in [1.165, 1.54) is 83.3 Å². The molecule has 258 valence electrons. The molecular formula is C51H39N3. The molecule has 1 aliphatic rings. The maximum Gasteiger partial charge on any atom is 0.0641 e. The van der Waals surface area contributed by atoms with Crippen LogP contribution >= 0.6 is 0 Å². The number of fused-ring (bicyclic) bond motifs is 6. The molecule has 0 radical (unpaired) electrons. The summed E-state index contributed by atoms with van der Waals surface area (Å²) in [5.74, 6) is 0. The zero-order valence-electron chi connectivity index (χ0n) is 30.4. The van der Waals surface area contributed by atoms with Crippen molar-refractivity contribution in [3.63, 3.8) is 0 Å². The summed E-state index contributed by atoms with van der Waals surface area (Å²) in [6.07, 6.45) is 14.3. The molecule has 0 fully saturated rings. The normalized spacial score (nSPS) is 12.7. The zero-order valence-corrected chi connectivity index (χ0v) is 30.4. The SMILES string of the molecule is C/C=C\c1c(-c2c3c(n(-c4ccccc4)c2C)C=CC=CC3)n(-c2ccccc2)c2c1ccc1c2c2cc(-c3ccccc3)ccc2n1-c1ccccc1. The molecule has 54 heavy (non-hydrogen) atoms. The first kappa shape index (κ1) is 31.9. The maximum atomic E-state index is 2.56. The average molecular weight is 694 g/mol. The topological polar surface area (TPSA) is 14.8 Å². The van der Waals surface area contributed by atoms with Gasteiger partial charge in [-0.25, -0.2) is 0 Å². The van der Waals surface area contributed by atoms with Gasteiger partial charge in [-0.3, -0.25) is 0 Å². The molecule has 0 aliphatic heterocycles. The number of para-hydroxylation sites is 3. The molecule has 3 nitrogen and oxygen atoms in total. The van der Waals surface area contributed by atoms with Crippen LogP contribution in [0.5, 0.6) is 0 Å². The number of rotatable bonds is 6. The largest absolute Gasteiger partial charge is 0.314 e. The van der Waals surface area contributed by atoms with E-state index in [1.54, 1.807) is 0 Å². The Morgan fingerprint density at radius 1 is 0.556 bits per heavy atom. The summed E-state index contributed by atoms with van der Waals surface area (Å²) in [6.45, 7) is 4.43. The molecule has 0 saturated carbocycles. The lowest BCUT2D eigenvalue weighted by molar-refractivity contribution is 0.995. The number of nitrogens with zero attached hydrogens (tertiary/aromatic N) is 3. The lowest BCUT2D eigenvalue weighted by atomic mass is 9.98. The Balaban J connectivity index is 1.42. The monoisotopic (exact) mass is 693 g/mol. The zero-order chi connectivity index (χ0) is 36.2. The minimum atomic E-state index is 0.840. The van der Waals surface area contributed by atoms with Crippen molar-refractivity contribution in [3.8, 4) is 39.4 Å². The molecule has 9 aromatic rings. The summed E-state index contributed by atoms with van der Waals surface area (Å²) in [4.78, 5) is 0. The van der Waals surface area contributed by atoms with Gasteiger partial charge in [0.2, 0.25) is 0 Å². The van der Waals surface area contributed by atoms with E-state index in [9.17, 15) is 0 Å². The van der Waals surface area contributed by atoms with Crippen molar-refractivity contribution < 1.29 is 0 Å². The quantitative estimate of drug-likeness (QED) is 0.165. The minimum absolute atomic E-state index is 0.840. The number of allylic oxidation sites excluding steroid dienone is 4. The van der Waals surface area contributed by atoms with Crippen LogP contribution in [0.3, 0.4) is 0 Å². The molecule has 0 N–H and O–H groups in total. The van der Waals surface area contributed by atoms with E-state index in [2.05, 4.69) is 216 Å². The van der Waals surface area contributed by atoms with Crippen LogP contribution in [0.25, 0.3) is 84.3 Å². The summed E-state index contributed by atoms with van der Waals surface area (Å²) in [5, 5.41) is 3.71. The second-order valence-corrected chi connectivity index (χ2v) is 14.0. The highest BCUT2D eigenvalue weighted by molar-refractivity contribution is 6.23. The predicted octanol–water partition coefficient (Wildman–Crippen LogP) is 13.3. The highest BCUT2D eigenvalue weighted by Crippen LogP contribution is 2.48. The van der Waals surface area contributed by atoms with E-state index in [-0.39, 0.29) is 0 Å². The maximum absolute atomic E-state index is 2.56. The molecule has 1 aliphatic carbocycles. The van der Waals surface area contributed by atoms with Crippen molar-refractivity contribution in [1.82, 2.24) is 13.7 Å². The summed E-state index contributed by atoms with van der Waals surface area (Å²) in [6, 6.07) is 55.0. The fraction of sp³-hybridized carbons (Fsp3) is 0.0588. The third kappa shape index (κ3) is 4.89. The van der Waals surface area contributed by atoms with Gasteiger partial charge in [-0.15, -0.1) is 0 Å². The van der Waals surface area contributed by atoms with Crippen LogP contribution in [0, 0.1) is 6.92 Å². The van der Waals surface area contributed by atoms with E-state index in [0.29, 0.717) is 0 Å². The van der Waals surface area contributed by atoms with Crippen LogP contribution in [0.1, 0.15) is 29.4 Å². The molecule has 3 heteroatoms. The Hall–Kier alpha value is -6.84. The number of hydrogen-bond donors (Lipinski definition) is 0. The highest BCUT2D eigenvalue weighted by Gasteiger charge is 2.29. The van der Waals surface area contributed by atoms with Crippen LogP contribution in [-0.4, -0.2) is 13.7 Å². The van der Waals surface area contributed by atoms with Crippen LogP contribution in [0.4, 0.5) is 0 Å². The van der Waals surface area contributed by atoms with Crippen molar-refractivity contribution >= 4 is 44.9 Å². The van der Waals surface area contributed by atoms with Crippen molar-refractivity contribution in [2.45, 2.75) is 20.3 Å². The Labute approximate surface area is 315 Å². The van der Waals surface area contributed by atoms with Gasteiger partial charge in [0.25, 0.3) is 0 Å². The third-order valence-corrected chi connectivity index (χ3v) is 11.0. The van der Waals surface area contributed by atoms with Crippen LogP contribution < -0.4 is 0 Å². The first-order valence-corrected chi connectivity index (χ1v) is 18.8. The van der Waals surface area contributed by atoms with E-state index in [0.717, 1.165) is 17.8 Å². The first-order valence-electron chi connectivity index (χ1n) is 18.8. The predicted molar refractivity (Wildman–Crippen MR) is 229 cm³/mol. The Morgan fingerprint density at radius 2 is 1.17 bits per heavy atom. The van der Waals surface area contributed by atoms with E-state index < -0.39 is 0 Å².